The summed E-state index contributed by atoms with van der Waals surface area (Å²) in [5.74, 6) is -0.384. The molecule has 5 N–H and O–H groups in total. The lowest BCUT2D eigenvalue weighted by atomic mass is 9.98. The standard InChI is InChI=1S/C29H28FN7O3/c1-3-18-14-20(30)12-16(2)25(18)27(38)32-23(28(39)40)13-17-8-10-19(11-9-17)26-35-24(36-37-26)15-31-29-33-21-6-4-5-7-22(21)34-29/h4-12,14,23H,3,13,15H2,1-2H3,(H,32,38)(H,39,40)(H2,31,33,34)(H,35,36,37). The lowest BCUT2D eigenvalue weighted by molar-refractivity contribution is -0.139. The van der Waals surface area contributed by atoms with Crippen LogP contribution in [0.15, 0.2) is 60.7 Å². The van der Waals surface area contributed by atoms with Crippen molar-refractivity contribution in [1.29, 1.82) is 0 Å². The monoisotopic (exact) mass is 541 g/mol. The van der Waals surface area contributed by atoms with Gasteiger partial charge in [-0.05, 0) is 54.3 Å². The number of rotatable bonds is 10. The highest BCUT2D eigenvalue weighted by Crippen LogP contribution is 2.20. The van der Waals surface area contributed by atoms with Gasteiger partial charge < -0.3 is 20.7 Å². The first-order valence-electron chi connectivity index (χ1n) is 12.8. The number of halogens is 1. The van der Waals surface area contributed by atoms with E-state index >= 15 is 0 Å². The molecule has 204 valence electrons. The molecular weight excluding hydrogens is 513 g/mol. The van der Waals surface area contributed by atoms with Crippen molar-refractivity contribution in [3.63, 3.8) is 0 Å². The fourth-order valence-corrected chi connectivity index (χ4v) is 4.58. The summed E-state index contributed by atoms with van der Waals surface area (Å²) in [5.41, 5.74) is 4.56. The molecule has 3 aromatic carbocycles. The van der Waals surface area contributed by atoms with Crippen molar-refractivity contribution in [3.8, 4) is 11.4 Å². The molecule has 2 aromatic heterocycles. The van der Waals surface area contributed by atoms with E-state index in [-0.39, 0.29) is 6.42 Å². The summed E-state index contributed by atoms with van der Waals surface area (Å²) in [4.78, 5) is 37.1. The number of carbonyl (C=O) groups excluding carboxylic acids is 1. The lowest BCUT2D eigenvalue weighted by Gasteiger charge is -2.17. The van der Waals surface area contributed by atoms with Crippen molar-refractivity contribution in [2.75, 3.05) is 5.32 Å². The van der Waals surface area contributed by atoms with Crippen molar-refractivity contribution < 1.29 is 19.1 Å². The number of aromatic nitrogens is 5. The second kappa shape index (κ2) is 11.4. The minimum absolute atomic E-state index is 0.0731. The number of carboxylic acid groups (broad SMARTS) is 1. The molecule has 40 heavy (non-hydrogen) atoms. The van der Waals surface area contributed by atoms with Crippen LogP contribution < -0.4 is 10.6 Å². The zero-order valence-corrected chi connectivity index (χ0v) is 22.0. The summed E-state index contributed by atoms with van der Waals surface area (Å²) in [6, 6.07) is 16.3. The van der Waals surface area contributed by atoms with Crippen LogP contribution in [0.25, 0.3) is 22.4 Å². The number of nitrogens with zero attached hydrogens (tertiary/aromatic N) is 3. The first-order valence-corrected chi connectivity index (χ1v) is 12.8. The fraction of sp³-hybridized carbons (Fsp3) is 0.207. The number of H-pyrrole nitrogens is 2. The minimum atomic E-state index is -1.16. The van der Waals surface area contributed by atoms with E-state index in [1.54, 1.807) is 31.2 Å². The van der Waals surface area contributed by atoms with E-state index in [0.717, 1.165) is 16.6 Å². The van der Waals surface area contributed by atoms with E-state index in [9.17, 15) is 19.1 Å². The van der Waals surface area contributed by atoms with Crippen molar-refractivity contribution in [2.24, 2.45) is 0 Å². The Labute approximate surface area is 229 Å². The van der Waals surface area contributed by atoms with E-state index in [2.05, 4.69) is 35.8 Å². The van der Waals surface area contributed by atoms with E-state index in [1.165, 1.54) is 12.1 Å². The molecule has 5 aromatic rings. The third-order valence-corrected chi connectivity index (χ3v) is 6.59. The molecule has 5 rings (SSSR count). The van der Waals surface area contributed by atoms with Gasteiger partial charge in [0.1, 0.15) is 17.7 Å². The number of aromatic amines is 2. The zero-order valence-electron chi connectivity index (χ0n) is 22.0. The van der Waals surface area contributed by atoms with Gasteiger partial charge in [0, 0.05) is 17.5 Å². The van der Waals surface area contributed by atoms with Crippen LogP contribution >= 0.6 is 0 Å². The average molecular weight is 542 g/mol. The van der Waals surface area contributed by atoms with E-state index in [4.69, 9.17) is 0 Å². The molecule has 0 fully saturated rings. The van der Waals surface area contributed by atoms with Gasteiger partial charge in [-0.15, -0.1) is 0 Å². The highest BCUT2D eigenvalue weighted by Gasteiger charge is 2.24. The number of aliphatic carboxylic acids is 1. The van der Waals surface area contributed by atoms with E-state index in [1.807, 2.05) is 31.2 Å². The molecule has 0 saturated carbocycles. The summed E-state index contributed by atoms with van der Waals surface area (Å²) < 4.78 is 13.8. The maximum absolute atomic E-state index is 13.8. The van der Waals surface area contributed by atoms with Crippen LogP contribution in [0.1, 0.15) is 39.8 Å². The Morgan fingerprint density at radius 2 is 1.85 bits per heavy atom. The predicted molar refractivity (Wildman–Crippen MR) is 148 cm³/mol. The Balaban J connectivity index is 1.22. The Kier molecular flexibility index (Phi) is 7.54. The number of anilines is 1. The number of hydrogen-bond acceptors (Lipinski definition) is 6. The van der Waals surface area contributed by atoms with Gasteiger partial charge in [0.25, 0.3) is 5.91 Å². The number of nitrogens with one attached hydrogen (secondary N) is 4. The number of aryl methyl sites for hydroxylation is 2. The molecule has 11 heteroatoms. The Morgan fingerprint density at radius 1 is 1.07 bits per heavy atom. The second-order valence-electron chi connectivity index (χ2n) is 9.44. The van der Waals surface area contributed by atoms with Gasteiger partial charge in [-0.3, -0.25) is 9.89 Å². The number of carbonyl (C=O) groups is 2. The Morgan fingerprint density at radius 3 is 2.58 bits per heavy atom. The van der Waals surface area contributed by atoms with Gasteiger partial charge >= 0.3 is 5.97 Å². The quantitative estimate of drug-likeness (QED) is 0.176. The summed E-state index contributed by atoms with van der Waals surface area (Å²) in [6.45, 7) is 3.84. The SMILES string of the molecule is CCc1cc(F)cc(C)c1C(=O)NC(Cc1ccc(-c2n[nH]c(CNc3nc4ccccc4[nH]3)n2)cc1)C(=O)O. The smallest absolute Gasteiger partial charge is 0.326 e. The molecule has 0 radical (unpaired) electrons. The number of amides is 1. The van der Waals surface area contributed by atoms with Gasteiger partial charge in [0.2, 0.25) is 5.95 Å². The van der Waals surface area contributed by atoms with Gasteiger partial charge in [0.05, 0.1) is 17.6 Å². The zero-order chi connectivity index (χ0) is 28.2. The van der Waals surface area contributed by atoms with Crippen LogP contribution in [0, 0.1) is 12.7 Å². The summed E-state index contributed by atoms with van der Waals surface area (Å²) >= 11 is 0. The number of benzene rings is 3. The molecule has 0 bridgehead atoms. The van der Waals surface area contributed by atoms with E-state index in [0.29, 0.717) is 52.8 Å². The highest BCUT2D eigenvalue weighted by molar-refractivity contribution is 5.99. The molecule has 0 aliphatic rings. The molecule has 10 nitrogen and oxygen atoms in total. The van der Waals surface area contributed by atoms with Crippen LogP contribution in [-0.4, -0.2) is 48.2 Å². The summed E-state index contributed by atoms with van der Waals surface area (Å²) in [7, 11) is 0. The first kappa shape index (κ1) is 26.5. The molecule has 1 atom stereocenters. The van der Waals surface area contributed by atoms with Gasteiger partial charge in [-0.2, -0.15) is 5.10 Å². The maximum Gasteiger partial charge on any atom is 0.326 e. The first-order chi connectivity index (χ1) is 19.3. The maximum atomic E-state index is 13.8. The van der Waals surface area contributed by atoms with Crippen LogP contribution in [0.4, 0.5) is 10.3 Å². The van der Waals surface area contributed by atoms with Gasteiger partial charge in [0.15, 0.2) is 5.82 Å². The molecule has 0 aliphatic heterocycles. The van der Waals surface area contributed by atoms with Crippen molar-refractivity contribution >= 4 is 28.9 Å². The van der Waals surface area contributed by atoms with Crippen LogP contribution in [0.2, 0.25) is 0 Å². The molecular formula is C29H28FN7O3. The van der Waals surface area contributed by atoms with Crippen LogP contribution in [0.5, 0.6) is 0 Å². The largest absolute Gasteiger partial charge is 0.480 e. The second-order valence-corrected chi connectivity index (χ2v) is 9.44. The molecule has 1 amide bonds. The lowest BCUT2D eigenvalue weighted by Crippen LogP contribution is -2.42. The predicted octanol–water partition coefficient (Wildman–Crippen LogP) is 4.40. The number of imidazole rings is 1. The Bertz CT molecular complexity index is 1640. The Hall–Kier alpha value is -5.06. The molecule has 0 saturated heterocycles. The van der Waals surface area contributed by atoms with Crippen LogP contribution in [0.3, 0.4) is 0 Å². The normalized spacial score (nSPS) is 11.9. The third kappa shape index (κ3) is 5.83. The average Bonchev–Trinajstić information content (AvgIpc) is 3.58. The van der Waals surface area contributed by atoms with Gasteiger partial charge in [-0.25, -0.2) is 19.2 Å². The number of para-hydroxylation sites is 2. The number of hydrogen-bond donors (Lipinski definition) is 5. The molecule has 2 heterocycles. The number of carboxylic acids is 1. The fourth-order valence-electron chi connectivity index (χ4n) is 4.58. The highest BCUT2D eigenvalue weighted by atomic mass is 19.1. The van der Waals surface area contributed by atoms with Crippen LogP contribution in [-0.2, 0) is 24.2 Å². The summed E-state index contributed by atoms with van der Waals surface area (Å²) in [5, 5.41) is 22.7. The molecule has 0 spiro atoms. The van der Waals surface area contributed by atoms with Crippen molar-refractivity contribution in [3.05, 3.63) is 94.6 Å². The summed E-state index contributed by atoms with van der Waals surface area (Å²) in [6.07, 6.45) is 0.517. The van der Waals surface area contributed by atoms with E-state index < -0.39 is 23.7 Å². The minimum Gasteiger partial charge on any atom is -0.480 e. The van der Waals surface area contributed by atoms with Crippen molar-refractivity contribution in [2.45, 2.75) is 39.3 Å². The number of fused-ring (bicyclic) bond motifs is 1. The molecule has 0 aliphatic carbocycles. The molecule has 1 unspecified atom stereocenters. The third-order valence-electron chi connectivity index (χ3n) is 6.59. The topological polar surface area (TPSA) is 149 Å². The van der Waals surface area contributed by atoms with Gasteiger partial charge in [-0.1, -0.05) is 43.3 Å². The van der Waals surface area contributed by atoms with Crippen molar-refractivity contribution in [1.82, 2.24) is 30.5 Å².